The normalized spacial score (nSPS) is 13.5. The van der Waals surface area contributed by atoms with Crippen molar-refractivity contribution in [3.63, 3.8) is 0 Å². The molecule has 2 N–H and O–H groups in total. The minimum Gasteiger partial charge on any atom is -0.479 e. The second-order valence-corrected chi connectivity index (χ2v) is 2.71. The molecule has 0 aromatic rings. The van der Waals surface area contributed by atoms with Gasteiger partial charge < -0.3 is 10.2 Å². The third kappa shape index (κ3) is 5.92. The molecule has 3 heteroatoms. The van der Waals surface area contributed by atoms with Crippen LogP contribution in [0.4, 0.5) is 0 Å². The highest BCUT2D eigenvalue weighted by Gasteiger charge is 2.06. The van der Waals surface area contributed by atoms with Crippen molar-refractivity contribution in [2.45, 2.75) is 38.7 Å². The Balaban J connectivity index is 3.41. The molecule has 0 radical (unpaired) electrons. The maximum Gasteiger partial charge on any atom is 0.336 e. The van der Waals surface area contributed by atoms with Gasteiger partial charge in [0, 0.05) is 0 Å². The number of aliphatic hydroxyl groups is 1. The molecule has 0 heterocycles. The van der Waals surface area contributed by atoms with E-state index in [1.54, 1.807) is 6.08 Å². The molecular formula is C9H16O3. The fourth-order valence-electron chi connectivity index (χ4n) is 0.820. The van der Waals surface area contributed by atoms with Gasteiger partial charge in [0.2, 0.25) is 0 Å². The van der Waals surface area contributed by atoms with Crippen molar-refractivity contribution in [2.75, 3.05) is 0 Å². The molecule has 0 aliphatic heterocycles. The van der Waals surface area contributed by atoms with Gasteiger partial charge >= 0.3 is 5.97 Å². The average Bonchev–Trinajstić information content (AvgIpc) is 2.03. The largest absolute Gasteiger partial charge is 0.479 e. The van der Waals surface area contributed by atoms with Gasteiger partial charge in [-0.3, -0.25) is 0 Å². The van der Waals surface area contributed by atoms with E-state index in [0.29, 0.717) is 0 Å². The fraction of sp³-hybridized carbons (Fsp3) is 0.667. The highest BCUT2D eigenvalue weighted by atomic mass is 16.4. The van der Waals surface area contributed by atoms with Gasteiger partial charge in [-0.1, -0.05) is 25.8 Å². The molecule has 0 spiro atoms. The van der Waals surface area contributed by atoms with Gasteiger partial charge in [-0.2, -0.15) is 0 Å². The van der Waals surface area contributed by atoms with E-state index in [0.717, 1.165) is 25.7 Å². The van der Waals surface area contributed by atoms with E-state index in [1.807, 2.05) is 0 Å². The van der Waals surface area contributed by atoms with E-state index >= 15 is 0 Å². The van der Waals surface area contributed by atoms with Crippen LogP contribution in [0.5, 0.6) is 0 Å². The second-order valence-electron chi connectivity index (χ2n) is 2.71. The van der Waals surface area contributed by atoms with Crippen LogP contribution in [0, 0.1) is 0 Å². The minimum absolute atomic E-state index is 0.845. The van der Waals surface area contributed by atoms with Crippen LogP contribution in [0.2, 0.25) is 0 Å². The number of carboxylic acid groups (broad SMARTS) is 1. The molecule has 0 amide bonds. The van der Waals surface area contributed by atoms with Crippen LogP contribution in [-0.4, -0.2) is 22.3 Å². The standard InChI is InChI=1S/C9H16O3/c1-2-3-4-5-6-7-8(10)9(11)12/h6-8,10H,2-5H2,1H3,(H,11,12)/b7-6+/t8-/m0/s1. The summed E-state index contributed by atoms with van der Waals surface area (Å²) in [7, 11) is 0. The highest BCUT2D eigenvalue weighted by molar-refractivity contribution is 5.74. The van der Waals surface area contributed by atoms with Crippen LogP contribution in [0.3, 0.4) is 0 Å². The number of carboxylic acids is 1. The molecule has 0 aromatic heterocycles. The van der Waals surface area contributed by atoms with Crippen LogP contribution in [0.25, 0.3) is 0 Å². The highest BCUT2D eigenvalue weighted by Crippen LogP contribution is 2.00. The smallest absolute Gasteiger partial charge is 0.336 e. The van der Waals surface area contributed by atoms with Crippen LogP contribution < -0.4 is 0 Å². The quantitative estimate of drug-likeness (QED) is 0.472. The lowest BCUT2D eigenvalue weighted by molar-refractivity contribution is -0.144. The number of rotatable bonds is 6. The average molecular weight is 172 g/mol. The molecule has 0 unspecified atom stereocenters. The van der Waals surface area contributed by atoms with Gasteiger partial charge in [-0.15, -0.1) is 0 Å². The summed E-state index contributed by atoms with van der Waals surface area (Å²) in [5, 5.41) is 17.1. The zero-order valence-electron chi connectivity index (χ0n) is 7.36. The summed E-state index contributed by atoms with van der Waals surface area (Å²) in [6.45, 7) is 2.11. The van der Waals surface area contributed by atoms with Crippen molar-refractivity contribution >= 4 is 5.97 Å². The summed E-state index contributed by atoms with van der Waals surface area (Å²) in [6, 6.07) is 0. The number of aliphatic hydroxyl groups excluding tert-OH is 1. The Morgan fingerprint density at radius 1 is 1.50 bits per heavy atom. The summed E-state index contributed by atoms with van der Waals surface area (Å²) in [5.74, 6) is -1.19. The zero-order chi connectivity index (χ0) is 9.40. The van der Waals surface area contributed by atoms with Crippen molar-refractivity contribution < 1.29 is 15.0 Å². The molecule has 0 aliphatic rings. The third-order valence-electron chi connectivity index (χ3n) is 1.55. The Morgan fingerprint density at radius 2 is 2.17 bits per heavy atom. The van der Waals surface area contributed by atoms with Crippen molar-refractivity contribution in [1.29, 1.82) is 0 Å². The van der Waals surface area contributed by atoms with E-state index in [9.17, 15) is 4.79 Å². The molecule has 0 fully saturated rings. The van der Waals surface area contributed by atoms with Gasteiger partial charge in [0.1, 0.15) is 0 Å². The maximum atomic E-state index is 10.1. The lowest BCUT2D eigenvalue weighted by atomic mass is 10.2. The number of unbranched alkanes of at least 4 members (excludes halogenated alkanes) is 3. The van der Waals surface area contributed by atoms with Crippen LogP contribution in [0.1, 0.15) is 32.6 Å². The minimum atomic E-state index is -1.34. The Hall–Kier alpha value is -0.830. The SMILES string of the molecule is CCCCC/C=C/[C@H](O)C(=O)O. The predicted octanol–water partition coefficient (Wildman–Crippen LogP) is 1.57. The maximum absolute atomic E-state index is 10.1. The third-order valence-corrected chi connectivity index (χ3v) is 1.55. The lowest BCUT2D eigenvalue weighted by Gasteiger charge is -1.96. The van der Waals surface area contributed by atoms with Gasteiger partial charge in [0.25, 0.3) is 0 Å². The van der Waals surface area contributed by atoms with Crippen LogP contribution in [0.15, 0.2) is 12.2 Å². The molecule has 3 nitrogen and oxygen atoms in total. The van der Waals surface area contributed by atoms with Crippen LogP contribution in [-0.2, 0) is 4.79 Å². The molecule has 1 atom stereocenters. The Morgan fingerprint density at radius 3 is 2.67 bits per heavy atom. The zero-order valence-corrected chi connectivity index (χ0v) is 7.36. The molecule has 0 saturated heterocycles. The first kappa shape index (κ1) is 11.2. The molecule has 70 valence electrons. The Labute approximate surface area is 72.7 Å². The molecule has 0 aliphatic carbocycles. The number of aliphatic carboxylic acids is 1. The van der Waals surface area contributed by atoms with E-state index < -0.39 is 12.1 Å². The Kier molecular flexibility index (Phi) is 6.38. The summed E-state index contributed by atoms with van der Waals surface area (Å²) in [5.41, 5.74) is 0. The van der Waals surface area contributed by atoms with E-state index in [4.69, 9.17) is 10.2 Å². The first-order valence-corrected chi connectivity index (χ1v) is 4.26. The van der Waals surface area contributed by atoms with Crippen LogP contribution >= 0.6 is 0 Å². The van der Waals surface area contributed by atoms with Crippen molar-refractivity contribution in [3.05, 3.63) is 12.2 Å². The first-order chi connectivity index (χ1) is 5.68. The van der Waals surface area contributed by atoms with E-state index in [-0.39, 0.29) is 0 Å². The molecule has 12 heavy (non-hydrogen) atoms. The van der Waals surface area contributed by atoms with Gasteiger partial charge in [-0.25, -0.2) is 4.79 Å². The van der Waals surface area contributed by atoms with Gasteiger partial charge in [0.15, 0.2) is 6.10 Å². The monoisotopic (exact) mass is 172 g/mol. The summed E-state index contributed by atoms with van der Waals surface area (Å²) >= 11 is 0. The number of allylic oxidation sites excluding steroid dienone is 1. The number of carbonyl (C=O) groups is 1. The van der Waals surface area contributed by atoms with Gasteiger partial charge in [0.05, 0.1) is 0 Å². The number of hydrogen-bond acceptors (Lipinski definition) is 2. The fourth-order valence-corrected chi connectivity index (χ4v) is 0.820. The van der Waals surface area contributed by atoms with Crippen molar-refractivity contribution in [3.8, 4) is 0 Å². The van der Waals surface area contributed by atoms with E-state index in [1.165, 1.54) is 6.08 Å². The number of hydrogen-bond donors (Lipinski definition) is 2. The summed E-state index contributed by atoms with van der Waals surface area (Å²) < 4.78 is 0. The Bertz CT molecular complexity index is 152. The molecular weight excluding hydrogens is 156 g/mol. The topological polar surface area (TPSA) is 57.5 Å². The molecule has 0 saturated carbocycles. The second kappa shape index (κ2) is 6.85. The van der Waals surface area contributed by atoms with Crippen molar-refractivity contribution in [1.82, 2.24) is 0 Å². The first-order valence-electron chi connectivity index (χ1n) is 4.26. The van der Waals surface area contributed by atoms with Crippen molar-refractivity contribution in [2.24, 2.45) is 0 Å². The summed E-state index contributed by atoms with van der Waals surface area (Å²) in [4.78, 5) is 10.1. The summed E-state index contributed by atoms with van der Waals surface area (Å²) in [6.07, 6.45) is 5.89. The predicted molar refractivity (Wildman–Crippen MR) is 46.9 cm³/mol. The lowest BCUT2D eigenvalue weighted by Crippen LogP contribution is -2.15. The molecule has 0 aromatic carbocycles. The van der Waals surface area contributed by atoms with E-state index in [2.05, 4.69) is 6.92 Å². The molecule has 0 bridgehead atoms. The van der Waals surface area contributed by atoms with Gasteiger partial charge in [-0.05, 0) is 18.9 Å². The molecule has 0 rings (SSSR count).